The molecule has 0 aliphatic carbocycles. The van der Waals surface area contributed by atoms with Gasteiger partial charge in [-0.1, -0.05) is 34.1 Å². The molecule has 0 atom stereocenters. The predicted molar refractivity (Wildman–Crippen MR) is 137 cm³/mol. The zero-order chi connectivity index (χ0) is 26.3. The lowest BCUT2D eigenvalue weighted by Gasteiger charge is -2.19. The van der Waals surface area contributed by atoms with Gasteiger partial charge in [0.05, 0.1) is 29.9 Å². The van der Waals surface area contributed by atoms with Crippen LogP contribution in [0.15, 0.2) is 71.2 Å². The molecule has 0 saturated heterocycles. The average Bonchev–Trinajstić information content (AvgIpc) is 3.37. The van der Waals surface area contributed by atoms with Gasteiger partial charge in [0, 0.05) is 15.6 Å². The second kappa shape index (κ2) is 9.79. The molecule has 3 aromatic carbocycles. The van der Waals surface area contributed by atoms with E-state index in [4.69, 9.17) is 0 Å². The molecule has 1 aromatic heterocycles. The standard InChI is InChI=1S/C27H21BrFN5O3/c1-32(2)14-22-30-31-23(15-33-26(36)18-6-3-4-7-19(18)27(33)37)34(22)24-20(8-5-9-21(24)29)25(35)16-10-12-17(28)13-11-16/h3-13H,14-15H2,1-2H3. The molecule has 37 heavy (non-hydrogen) atoms. The lowest BCUT2D eigenvalue weighted by molar-refractivity contribution is 0.0637. The van der Waals surface area contributed by atoms with Crippen molar-refractivity contribution in [3.05, 3.63) is 111 Å². The van der Waals surface area contributed by atoms with Crippen LogP contribution in [0.5, 0.6) is 0 Å². The van der Waals surface area contributed by atoms with Gasteiger partial charge in [-0.2, -0.15) is 0 Å². The second-order valence-electron chi connectivity index (χ2n) is 8.82. The van der Waals surface area contributed by atoms with E-state index >= 15 is 4.39 Å². The molecule has 0 radical (unpaired) electrons. The van der Waals surface area contributed by atoms with Crippen molar-refractivity contribution in [3.63, 3.8) is 0 Å². The van der Waals surface area contributed by atoms with Crippen LogP contribution in [0.3, 0.4) is 0 Å². The van der Waals surface area contributed by atoms with E-state index in [-0.39, 0.29) is 30.2 Å². The van der Waals surface area contributed by atoms with Crippen molar-refractivity contribution in [2.24, 2.45) is 0 Å². The van der Waals surface area contributed by atoms with E-state index in [1.807, 2.05) is 19.0 Å². The first kappa shape index (κ1) is 24.7. The van der Waals surface area contributed by atoms with E-state index in [1.165, 1.54) is 22.8 Å². The zero-order valence-electron chi connectivity index (χ0n) is 20.0. The van der Waals surface area contributed by atoms with Crippen LogP contribution in [0.4, 0.5) is 4.39 Å². The maximum Gasteiger partial charge on any atom is 0.261 e. The van der Waals surface area contributed by atoms with Gasteiger partial charge in [0.1, 0.15) is 5.82 Å². The van der Waals surface area contributed by atoms with Gasteiger partial charge in [0.25, 0.3) is 11.8 Å². The number of aromatic nitrogens is 3. The fourth-order valence-corrected chi connectivity index (χ4v) is 4.57. The summed E-state index contributed by atoms with van der Waals surface area (Å²) >= 11 is 3.36. The summed E-state index contributed by atoms with van der Waals surface area (Å²) in [5.41, 5.74) is 1.03. The summed E-state index contributed by atoms with van der Waals surface area (Å²) in [5, 5.41) is 8.46. The number of nitrogens with zero attached hydrogens (tertiary/aromatic N) is 5. The highest BCUT2D eigenvalue weighted by Gasteiger charge is 2.37. The van der Waals surface area contributed by atoms with Crippen molar-refractivity contribution in [3.8, 4) is 5.69 Å². The van der Waals surface area contributed by atoms with Gasteiger partial charge in [-0.15, -0.1) is 10.2 Å². The number of carbonyl (C=O) groups excluding carboxylic acids is 3. The molecule has 0 fully saturated rings. The molecule has 8 nitrogen and oxygen atoms in total. The van der Waals surface area contributed by atoms with Crippen molar-refractivity contribution in [2.45, 2.75) is 13.1 Å². The van der Waals surface area contributed by atoms with Gasteiger partial charge >= 0.3 is 0 Å². The van der Waals surface area contributed by atoms with E-state index in [9.17, 15) is 14.4 Å². The molecule has 10 heteroatoms. The summed E-state index contributed by atoms with van der Waals surface area (Å²) in [6, 6.07) is 17.5. The highest BCUT2D eigenvalue weighted by atomic mass is 79.9. The number of amides is 2. The quantitative estimate of drug-likeness (QED) is 0.247. The minimum Gasteiger partial charge on any atom is -0.302 e. The smallest absolute Gasteiger partial charge is 0.261 e. The van der Waals surface area contributed by atoms with Crippen molar-refractivity contribution in [2.75, 3.05) is 14.1 Å². The van der Waals surface area contributed by atoms with Crippen LogP contribution in [0.2, 0.25) is 0 Å². The Hall–Kier alpha value is -4.02. The maximum atomic E-state index is 15.5. The SMILES string of the molecule is CN(C)Cc1nnc(CN2C(=O)c3ccccc3C2=O)n1-c1c(F)cccc1C(=O)c1ccc(Br)cc1. The number of ketones is 1. The minimum absolute atomic E-state index is 0.0381. The average molecular weight is 562 g/mol. The molecule has 2 heterocycles. The highest BCUT2D eigenvalue weighted by molar-refractivity contribution is 9.10. The molecule has 1 aliphatic heterocycles. The summed E-state index contributed by atoms with van der Waals surface area (Å²) in [6.07, 6.45) is 0. The fraction of sp³-hybridized carbons (Fsp3) is 0.148. The number of hydrogen-bond acceptors (Lipinski definition) is 6. The van der Waals surface area contributed by atoms with Crippen molar-refractivity contribution < 1.29 is 18.8 Å². The number of fused-ring (bicyclic) bond motifs is 1. The van der Waals surface area contributed by atoms with E-state index in [2.05, 4.69) is 26.1 Å². The molecule has 4 aromatic rings. The molecule has 0 saturated carbocycles. The van der Waals surface area contributed by atoms with E-state index < -0.39 is 23.4 Å². The van der Waals surface area contributed by atoms with Gasteiger partial charge in [-0.25, -0.2) is 4.39 Å². The van der Waals surface area contributed by atoms with Crippen molar-refractivity contribution >= 4 is 33.5 Å². The molecule has 5 rings (SSSR count). The van der Waals surface area contributed by atoms with Gasteiger partial charge in [0.2, 0.25) is 0 Å². The molecule has 186 valence electrons. The summed E-state index contributed by atoms with van der Waals surface area (Å²) in [6.45, 7) is 0.0301. The van der Waals surface area contributed by atoms with E-state index in [0.717, 1.165) is 9.37 Å². The van der Waals surface area contributed by atoms with E-state index in [0.29, 0.717) is 22.5 Å². The van der Waals surface area contributed by atoms with Crippen LogP contribution >= 0.6 is 15.9 Å². The van der Waals surface area contributed by atoms with Crippen LogP contribution in [0, 0.1) is 5.82 Å². The number of benzene rings is 3. The zero-order valence-corrected chi connectivity index (χ0v) is 21.6. The number of carbonyl (C=O) groups is 3. The summed E-state index contributed by atoms with van der Waals surface area (Å²) in [4.78, 5) is 42.4. The summed E-state index contributed by atoms with van der Waals surface area (Å²) in [7, 11) is 3.64. The fourth-order valence-electron chi connectivity index (χ4n) is 4.31. The summed E-state index contributed by atoms with van der Waals surface area (Å²) in [5.74, 6) is -1.48. The Balaban J connectivity index is 1.63. The largest absolute Gasteiger partial charge is 0.302 e. The molecule has 2 amide bonds. The Morgan fingerprint density at radius 3 is 2.14 bits per heavy atom. The molecular weight excluding hydrogens is 541 g/mol. The monoisotopic (exact) mass is 561 g/mol. The third kappa shape index (κ3) is 4.49. The third-order valence-electron chi connectivity index (χ3n) is 5.99. The highest BCUT2D eigenvalue weighted by Crippen LogP contribution is 2.28. The maximum absolute atomic E-state index is 15.5. The van der Waals surface area contributed by atoms with Gasteiger partial charge < -0.3 is 4.90 Å². The molecule has 0 spiro atoms. The normalized spacial score (nSPS) is 12.9. The van der Waals surface area contributed by atoms with Crippen LogP contribution < -0.4 is 0 Å². The first-order valence-corrected chi connectivity index (χ1v) is 12.2. The van der Waals surface area contributed by atoms with Gasteiger partial charge in [0.15, 0.2) is 17.4 Å². The first-order chi connectivity index (χ1) is 17.8. The van der Waals surface area contributed by atoms with Gasteiger partial charge in [-0.3, -0.25) is 23.9 Å². The Labute approximate surface area is 220 Å². The Morgan fingerprint density at radius 1 is 0.892 bits per heavy atom. The molecule has 0 bridgehead atoms. The number of hydrogen-bond donors (Lipinski definition) is 0. The van der Waals surface area contributed by atoms with E-state index in [1.54, 1.807) is 48.5 Å². The first-order valence-electron chi connectivity index (χ1n) is 11.4. The lowest BCUT2D eigenvalue weighted by atomic mass is 10.0. The second-order valence-corrected chi connectivity index (χ2v) is 9.74. The molecular formula is C27H21BrFN5O3. The molecule has 0 N–H and O–H groups in total. The van der Waals surface area contributed by atoms with Crippen LogP contribution in [0.1, 0.15) is 48.3 Å². The third-order valence-corrected chi connectivity index (χ3v) is 6.52. The van der Waals surface area contributed by atoms with Gasteiger partial charge in [-0.05, 0) is 62.6 Å². The number of imide groups is 1. The Morgan fingerprint density at radius 2 is 1.51 bits per heavy atom. The topological polar surface area (TPSA) is 88.4 Å². The number of para-hydroxylation sites is 1. The number of rotatable bonds is 7. The van der Waals surface area contributed by atoms with Crippen LogP contribution in [-0.4, -0.2) is 56.3 Å². The van der Waals surface area contributed by atoms with Crippen LogP contribution in [0.25, 0.3) is 5.69 Å². The lowest BCUT2D eigenvalue weighted by Crippen LogP contribution is -2.31. The summed E-state index contributed by atoms with van der Waals surface area (Å²) < 4.78 is 17.8. The predicted octanol–water partition coefficient (Wildman–Crippen LogP) is 4.26. The Kier molecular flexibility index (Phi) is 6.53. The van der Waals surface area contributed by atoms with Crippen LogP contribution in [-0.2, 0) is 13.1 Å². The Bertz CT molecular complexity index is 1510. The minimum atomic E-state index is -0.661. The van der Waals surface area contributed by atoms with Crippen molar-refractivity contribution in [1.82, 2.24) is 24.6 Å². The van der Waals surface area contributed by atoms with Crippen molar-refractivity contribution in [1.29, 1.82) is 0 Å². The number of halogens is 2. The molecule has 0 unspecified atom stereocenters. The molecule has 1 aliphatic rings.